The molecule has 0 N–H and O–H groups in total. The van der Waals surface area contributed by atoms with Gasteiger partial charge in [-0.25, -0.2) is 9.59 Å². The lowest BCUT2D eigenvalue weighted by Crippen LogP contribution is -2.12. The maximum atomic E-state index is 12.5. The minimum absolute atomic E-state index is 0.0982. The molecule has 1 aromatic heterocycles. The van der Waals surface area contributed by atoms with Crippen molar-refractivity contribution in [1.29, 1.82) is 0 Å². The molecule has 0 aliphatic carbocycles. The summed E-state index contributed by atoms with van der Waals surface area (Å²) in [7, 11) is 1.52. The van der Waals surface area contributed by atoms with Crippen LogP contribution in [0.2, 0.25) is 0 Å². The molecule has 0 atom stereocenters. The molecule has 30 heavy (non-hydrogen) atoms. The maximum absolute atomic E-state index is 12.5. The first-order valence-electron chi connectivity index (χ1n) is 9.47. The first-order chi connectivity index (χ1) is 14.5. The summed E-state index contributed by atoms with van der Waals surface area (Å²) in [6.07, 6.45) is 0.388. The summed E-state index contributed by atoms with van der Waals surface area (Å²) in [5, 5.41) is 0.705. The lowest BCUT2D eigenvalue weighted by Gasteiger charge is -2.12. The second kappa shape index (κ2) is 9.84. The lowest BCUT2D eigenvalue weighted by atomic mass is 10.0. The Morgan fingerprint density at radius 3 is 2.53 bits per heavy atom. The van der Waals surface area contributed by atoms with Crippen LogP contribution in [0.15, 0.2) is 57.7 Å². The second-order valence-corrected chi connectivity index (χ2v) is 6.67. The highest BCUT2D eigenvalue weighted by atomic mass is 16.6. The summed E-state index contributed by atoms with van der Waals surface area (Å²) in [6, 6.07) is 13.2. The minimum atomic E-state index is -0.547. The fraction of sp³-hybridized carbons (Fsp3) is 0.261. The van der Waals surface area contributed by atoms with E-state index >= 15 is 0 Å². The van der Waals surface area contributed by atoms with Crippen LogP contribution >= 0.6 is 0 Å². The number of methoxy groups -OCH3 is 1. The Balaban J connectivity index is 1.89. The highest BCUT2D eigenvalue weighted by Gasteiger charge is 2.16. The van der Waals surface area contributed by atoms with Gasteiger partial charge in [0.1, 0.15) is 17.9 Å². The molecule has 0 fully saturated rings. The van der Waals surface area contributed by atoms with Crippen molar-refractivity contribution in [3.63, 3.8) is 0 Å². The molecule has 0 aliphatic rings. The molecule has 2 aromatic carbocycles. The second-order valence-electron chi connectivity index (χ2n) is 6.67. The topological polar surface area (TPSA) is 92.0 Å². The van der Waals surface area contributed by atoms with E-state index in [0.29, 0.717) is 28.7 Å². The van der Waals surface area contributed by atoms with E-state index in [1.807, 2.05) is 0 Å². The van der Waals surface area contributed by atoms with Crippen LogP contribution < -0.4 is 10.4 Å². The number of carbonyl (C=O) groups is 2. The smallest absolute Gasteiger partial charge is 0.343 e. The number of fused-ring (bicyclic) bond motifs is 1. The summed E-state index contributed by atoms with van der Waals surface area (Å²) < 4.78 is 20.8. The number of aryl methyl sites for hydroxylation is 2. The SMILES string of the molecule is COCCOC(=O)CCc1cc2c(C)cc(=O)oc2cc1OC(=O)c1ccccc1. The van der Waals surface area contributed by atoms with Crippen molar-refractivity contribution in [2.24, 2.45) is 0 Å². The van der Waals surface area contributed by atoms with E-state index in [0.717, 1.165) is 5.56 Å². The van der Waals surface area contributed by atoms with Crippen molar-refractivity contribution in [3.8, 4) is 5.75 Å². The van der Waals surface area contributed by atoms with Crippen LogP contribution in [0.3, 0.4) is 0 Å². The Hall–Kier alpha value is -3.45. The molecule has 0 amide bonds. The predicted octanol–water partition coefficient (Wildman–Crippen LogP) is 3.44. The number of ether oxygens (including phenoxy) is 3. The van der Waals surface area contributed by atoms with Gasteiger partial charge in [-0.15, -0.1) is 0 Å². The number of hydrogen-bond acceptors (Lipinski definition) is 7. The number of hydrogen-bond donors (Lipinski definition) is 0. The van der Waals surface area contributed by atoms with Crippen LogP contribution in [-0.4, -0.2) is 32.3 Å². The van der Waals surface area contributed by atoms with Crippen molar-refractivity contribution in [2.75, 3.05) is 20.3 Å². The summed E-state index contributed by atoms with van der Waals surface area (Å²) in [6.45, 7) is 2.28. The predicted molar refractivity (Wildman–Crippen MR) is 110 cm³/mol. The average molecular weight is 410 g/mol. The van der Waals surface area contributed by atoms with E-state index in [4.69, 9.17) is 18.6 Å². The van der Waals surface area contributed by atoms with Crippen LogP contribution in [0.1, 0.15) is 27.9 Å². The highest BCUT2D eigenvalue weighted by molar-refractivity contribution is 5.92. The molecule has 7 nitrogen and oxygen atoms in total. The van der Waals surface area contributed by atoms with E-state index in [1.54, 1.807) is 43.3 Å². The van der Waals surface area contributed by atoms with Gasteiger partial charge in [-0.3, -0.25) is 4.79 Å². The first-order valence-corrected chi connectivity index (χ1v) is 9.47. The molecule has 0 radical (unpaired) electrons. The van der Waals surface area contributed by atoms with Crippen molar-refractivity contribution < 1.29 is 28.2 Å². The maximum Gasteiger partial charge on any atom is 0.343 e. The molecule has 1 heterocycles. The largest absolute Gasteiger partial charge is 0.463 e. The van der Waals surface area contributed by atoms with Crippen LogP contribution in [0, 0.1) is 6.92 Å². The molecular weight excluding hydrogens is 388 g/mol. The molecule has 3 aromatic rings. The van der Waals surface area contributed by atoms with Gasteiger partial charge < -0.3 is 18.6 Å². The molecule has 0 saturated carbocycles. The van der Waals surface area contributed by atoms with Crippen molar-refractivity contribution in [1.82, 2.24) is 0 Å². The zero-order valence-electron chi connectivity index (χ0n) is 16.8. The highest BCUT2D eigenvalue weighted by Crippen LogP contribution is 2.29. The van der Waals surface area contributed by atoms with Crippen molar-refractivity contribution in [3.05, 3.63) is 75.6 Å². The number of carbonyl (C=O) groups excluding carboxylic acids is 2. The molecular formula is C23H22O7. The third-order valence-corrected chi connectivity index (χ3v) is 4.49. The van der Waals surface area contributed by atoms with Crippen LogP contribution in [0.4, 0.5) is 0 Å². The van der Waals surface area contributed by atoms with Gasteiger partial charge in [0.2, 0.25) is 0 Å². The van der Waals surface area contributed by atoms with Gasteiger partial charge in [0.05, 0.1) is 12.2 Å². The Morgan fingerprint density at radius 2 is 1.80 bits per heavy atom. The van der Waals surface area contributed by atoms with E-state index in [2.05, 4.69) is 0 Å². The zero-order chi connectivity index (χ0) is 21.5. The van der Waals surface area contributed by atoms with E-state index in [1.165, 1.54) is 19.2 Å². The number of esters is 2. The Morgan fingerprint density at radius 1 is 1.03 bits per heavy atom. The summed E-state index contributed by atoms with van der Waals surface area (Å²) in [5.74, 6) is -0.701. The third kappa shape index (κ3) is 5.33. The van der Waals surface area contributed by atoms with Gasteiger partial charge in [0.25, 0.3) is 0 Å². The van der Waals surface area contributed by atoms with Gasteiger partial charge >= 0.3 is 17.6 Å². The Bertz CT molecular complexity index is 1100. The summed E-state index contributed by atoms with van der Waals surface area (Å²) >= 11 is 0. The van der Waals surface area contributed by atoms with Crippen molar-refractivity contribution in [2.45, 2.75) is 19.8 Å². The minimum Gasteiger partial charge on any atom is -0.463 e. The summed E-state index contributed by atoms with van der Waals surface area (Å²) in [4.78, 5) is 36.2. The van der Waals surface area contributed by atoms with Gasteiger partial charge in [0, 0.05) is 31.0 Å². The van der Waals surface area contributed by atoms with Gasteiger partial charge in [-0.05, 0) is 42.7 Å². The molecule has 0 bridgehead atoms. The Kier molecular flexibility index (Phi) is 6.98. The lowest BCUT2D eigenvalue weighted by molar-refractivity contribution is -0.144. The fourth-order valence-corrected chi connectivity index (χ4v) is 2.96. The number of benzene rings is 2. The van der Waals surface area contributed by atoms with E-state index in [9.17, 15) is 14.4 Å². The molecule has 3 rings (SSSR count). The fourth-order valence-electron chi connectivity index (χ4n) is 2.96. The van der Waals surface area contributed by atoms with Crippen LogP contribution in [0.5, 0.6) is 5.75 Å². The first kappa shape index (κ1) is 21.3. The van der Waals surface area contributed by atoms with E-state index < -0.39 is 11.6 Å². The van der Waals surface area contributed by atoms with Crippen molar-refractivity contribution >= 4 is 22.9 Å². The number of rotatable bonds is 8. The third-order valence-electron chi connectivity index (χ3n) is 4.49. The van der Waals surface area contributed by atoms with Crippen LogP contribution in [-0.2, 0) is 20.7 Å². The average Bonchev–Trinajstić information content (AvgIpc) is 2.73. The monoisotopic (exact) mass is 410 g/mol. The molecule has 7 heteroatoms. The Labute approximate surface area is 173 Å². The normalized spacial score (nSPS) is 10.7. The van der Waals surface area contributed by atoms with Crippen LogP contribution in [0.25, 0.3) is 11.0 Å². The zero-order valence-corrected chi connectivity index (χ0v) is 16.8. The van der Waals surface area contributed by atoms with Gasteiger partial charge in [-0.2, -0.15) is 0 Å². The van der Waals surface area contributed by atoms with Gasteiger partial charge in [-0.1, -0.05) is 18.2 Å². The summed E-state index contributed by atoms with van der Waals surface area (Å²) in [5.41, 5.74) is 1.56. The molecule has 0 unspecified atom stereocenters. The quantitative estimate of drug-likeness (QED) is 0.243. The molecule has 156 valence electrons. The standard InChI is InChI=1S/C23H22O7/c1-15-12-22(25)29-20-14-19(30-23(26)16-6-4-3-5-7-16)17(13-18(15)20)8-9-21(24)28-11-10-27-2/h3-7,12-14H,8-11H2,1-2H3. The molecule has 0 aliphatic heterocycles. The molecule has 0 spiro atoms. The van der Waals surface area contributed by atoms with E-state index in [-0.39, 0.29) is 31.2 Å². The van der Waals surface area contributed by atoms with Gasteiger partial charge in [0.15, 0.2) is 0 Å². The molecule has 0 saturated heterocycles.